The molecule has 5 heteroatoms. The number of rotatable bonds is 1. The molecule has 29 heavy (non-hydrogen) atoms. The SMILES string of the molecule is CC(C)(C)c1ccc2c(cc(-c3ccccc3)n3c4cc(F)c(F)cc4nc23)n1. The third kappa shape index (κ3) is 2.77. The zero-order valence-corrected chi connectivity index (χ0v) is 16.4. The summed E-state index contributed by atoms with van der Waals surface area (Å²) >= 11 is 0. The van der Waals surface area contributed by atoms with Gasteiger partial charge in [-0.1, -0.05) is 51.1 Å². The summed E-state index contributed by atoms with van der Waals surface area (Å²) in [5.74, 6) is -1.79. The fourth-order valence-corrected chi connectivity index (χ4v) is 3.70. The Morgan fingerprint density at radius 3 is 2.24 bits per heavy atom. The molecule has 0 amide bonds. The first kappa shape index (κ1) is 17.7. The Morgan fingerprint density at radius 2 is 1.52 bits per heavy atom. The Morgan fingerprint density at radius 1 is 0.793 bits per heavy atom. The number of benzene rings is 2. The van der Waals surface area contributed by atoms with Crippen molar-refractivity contribution < 1.29 is 8.78 Å². The van der Waals surface area contributed by atoms with E-state index in [0.29, 0.717) is 16.7 Å². The van der Waals surface area contributed by atoms with Gasteiger partial charge < -0.3 is 0 Å². The molecule has 0 saturated heterocycles. The molecule has 0 atom stereocenters. The third-order valence-electron chi connectivity index (χ3n) is 5.21. The van der Waals surface area contributed by atoms with Gasteiger partial charge in [-0.25, -0.2) is 13.8 Å². The van der Waals surface area contributed by atoms with Crippen molar-refractivity contribution >= 4 is 27.6 Å². The second-order valence-corrected chi connectivity index (χ2v) is 8.30. The van der Waals surface area contributed by atoms with Gasteiger partial charge in [-0.2, -0.15) is 0 Å². The molecule has 3 nitrogen and oxygen atoms in total. The summed E-state index contributed by atoms with van der Waals surface area (Å²) in [5, 5.41) is 0.842. The van der Waals surface area contributed by atoms with Crippen molar-refractivity contribution in [3.05, 3.63) is 78.0 Å². The first-order valence-electron chi connectivity index (χ1n) is 9.50. The van der Waals surface area contributed by atoms with E-state index in [1.54, 1.807) is 0 Å². The molecule has 0 aliphatic carbocycles. The Labute approximate surface area is 166 Å². The average molecular weight is 387 g/mol. The van der Waals surface area contributed by atoms with Gasteiger partial charge in [0.25, 0.3) is 0 Å². The molecule has 0 bridgehead atoms. The van der Waals surface area contributed by atoms with E-state index in [2.05, 4.69) is 25.8 Å². The molecule has 2 aromatic carbocycles. The summed E-state index contributed by atoms with van der Waals surface area (Å²) in [5.41, 5.74) is 5.04. The monoisotopic (exact) mass is 387 g/mol. The van der Waals surface area contributed by atoms with Gasteiger partial charge in [-0.05, 0) is 23.8 Å². The molecule has 5 aromatic rings. The Hall–Kier alpha value is -3.34. The van der Waals surface area contributed by atoms with Crippen LogP contribution < -0.4 is 0 Å². The van der Waals surface area contributed by atoms with E-state index in [0.717, 1.165) is 33.9 Å². The summed E-state index contributed by atoms with van der Waals surface area (Å²) in [7, 11) is 0. The lowest BCUT2D eigenvalue weighted by Gasteiger charge is -2.18. The van der Waals surface area contributed by atoms with Gasteiger partial charge >= 0.3 is 0 Å². The molecule has 5 rings (SSSR count). The number of pyridine rings is 2. The van der Waals surface area contributed by atoms with E-state index in [1.165, 1.54) is 6.07 Å². The van der Waals surface area contributed by atoms with Crippen LogP contribution in [-0.2, 0) is 5.41 Å². The van der Waals surface area contributed by atoms with Crippen LogP contribution >= 0.6 is 0 Å². The highest BCUT2D eigenvalue weighted by Gasteiger charge is 2.20. The molecule has 3 aromatic heterocycles. The van der Waals surface area contributed by atoms with Crippen LogP contribution in [0.15, 0.2) is 60.7 Å². The van der Waals surface area contributed by atoms with Crippen molar-refractivity contribution in [2.24, 2.45) is 0 Å². The van der Waals surface area contributed by atoms with Crippen LogP contribution in [0, 0.1) is 11.6 Å². The number of imidazole rings is 1. The van der Waals surface area contributed by atoms with Gasteiger partial charge in [-0.15, -0.1) is 0 Å². The largest absolute Gasteiger partial charge is 0.291 e. The maximum absolute atomic E-state index is 14.1. The van der Waals surface area contributed by atoms with Crippen molar-refractivity contribution in [3.8, 4) is 11.3 Å². The lowest BCUT2D eigenvalue weighted by molar-refractivity contribution is 0.510. The van der Waals surface area contributed by atoms with Gasteiger partial charge in [0.15, 0.2) is 11.6 Å². The highest BCUT2D eigenvalue weighted by molar-refractivity contribution is 5.99. The highest BCUT2D eigenvalue weighted by Crippen LogP contribution is 2.33. The maximum Gasteiger partial charge on any atom is 0.161 e. The van der Waals surface area contributed by atoms with E-state index in [1.807, 2.05) is 52.9 Å². The molecule has 0 radical (unpaired) electrons. The van der Waals surface area contributed by atoms with Gasteiger partial charge in [0.1, 0.15) is 5.65 Å². The van der Waals surface area contributed by atoms with Crippen LogP contribution in [0.2, 0.25) is 0 Å². The molecule has 144 valence electrons. The second kappa shape index (κ2) is 6.08. The summed E-state index contributed by atoms with van der Waals surface area (Å²) < 4.78 is 29.8. The van der Waals surface area contributed by atoms with Gasteiger partial charge in [0.2, 0.25) is 0 Å². The Balaban J connectivity index is 1.98. The molecule has 0 saturated carbocycles. The summed E-state index contributed by atoms with van der Waals surface area (Å²) in [6.07, 6.45) is 0. The van der Waals surface area contributed by atoms with Crippen LogP contribution in [-0.4, -0.2) is 14.4 Å². The predicted molar refractivity (Wildman–Crippen MR) is 112 cm³/mol. The maximum atomic E-state index is 14.1. The molecule has 0 fully saturated rings. The average Bonchev–Trinajstić information content (AvgIpc) is 3.05. The zero-order chi connectivity index (χ0) is 20.3. The standard InChI is InChI=1S/C24H19F2N3/c1-24(2,3)22-10-9-15-18(27-22)13-20(14-7-5-4-6-8-14)29-21-12-17(26)16(25)11-19(21)28-23(15)29/h4-13H,1-3H3. The van der Waals surface area contributed by atoms with Crippen LogP contribution in [0.25, 0.3) is 38.8 Å². The Kier molecular flexibility index (Phi) is 3.72. The fourth-order valence-electron chi connectivity index (χ4n) is 3.70. The van der Waals surface area contributed by atoms with Crippen molar-refractivity contribution in [2.75, 3.05) is 0 Å². The van der Waals surface area contributed by atoms with Crippen LogP contribution in [0.3, 0.4) is 0 Å². The highest BCUT2D eigenvalue weighted by atomic mass is 19.2. The second-order valence-electron chi connectivity index (χ2n) is 8.30. The minimum atomic E-state index is -0.903. The van der Waals surface area contributed by atoms with Gasteiger partial charge in [0, 0.05) is 28.6 Å². The van der Waals surface area contributed by atoms with E-state index in [9.17, 15) is 8.78 Å². The minimum Gasteiger partial charge on any atom is -0.291 e. The lowest BCUT2D eigenvalue weighted by Crippen LogP contribution is -2.13. The molecule has 0 aliphatic heterocycles. The van der Waals surface area contributed by atoms with E-state index >= 15 is 0 Å². The van der Waals surface area contributed by atoms with Crippen molar-refractivity contribution in [2.45, 2.75) is 26.2 Å². The summed E-state index contributed by atoms with van der Waals surface area (Å²) in [4.78, 5) is 9.53. The molecule has 0 N–H and O–H groups in total. The van der Waals surface area contributed by atoms with Crippen LogP contribution in [0.5, 0.6) is 0 Å². The number of fused-ring (bicyclic) bond motifs is 5. The number of aromatic nitrogens is 3. The smallest absolute Gasteiger partial charge is 0.161 e. The quantitative estimate of drug-likeness (QED) is 0.339. The molecule has 0 spiro atoms. The summed E-state index contributed by atoms with van der Waals surface area (Å²) in [6, 6.07) is 18.1. The number of hydrogen-bond donors (Lipinski definition) is 0. The number of hydrogen-bond acceptors (Lipinski definition) is 2. The third-order valence-corrected chi connectivity index (χ3v) is 5.21. The number of halogens is 2. The lowest BCUT2D eigenvalue weighted by atomic mass is 9.91. The first-order chi connectivity index (χ1) is 13.8. The van der Waals surface area contributed by atoms with E-state index < -0.39 is 11.6 Å². The topological polar surface area (TPSA) is 30.2 Å². The molecule has 3 heterocycles. The number of nitrogens with zero attached hydrogens (tertiary/aromatic N) is 3. The summed E-state index contributed by atoms with van der Waals surface area (Å²) in [6.45, 7) is 6.35. The normalized spacial score (nSPS) is 12.3. The van der Waals surface area contributed by atoms with Crippen molar-refractivity contribution in [1.82, 2.24) is 14.4 Å². The fraction of sp³-hybridized carbons (Fsp3) is 0.167. The zero-order valence-electron chi connectivity index (χ0n) is 16.4. The van der Waals surface area contributed by atoms with Crippen molar-refractivity contribution in [1.29, 1.82) is 0 Å². The molecular weight excluding hydrogens is 368 g/mol. The Bertz CT molecular complexity index is 1400. The van der Waals surface area contributed by atoms with Crippen molar-refractivity contribution in [3.63, 3.8) is 0 Å². The predicted octanol–water partition coefficient (Wildman–Crippen LogP) is 6.28. The van der Waals surface area contributed by atoms with Gasteiger partial charge in [0.05, 0.1) is 22.2 Å². The molecule has 0 unspecified atom stereocenters. The first-order valence-corrected chi connectivity index (χ1v) is 9.50. The van der Waals surface area contributed by atoms with E-state index in [-0.39, 0.29) is 5.41 Å². The van der Waals surface area contributed by atoms with Crippen LogP contribution in [0.1, 0.15) is 26.5 Å². The van der Waals surface area contributed by atoms with Gasteiger partial charge in [-0.3, -0.25) is 9.38 Å². The molecular formula is C24H19F2N3. The van der Waals surface area contributed by atoms with Crippen LogP contribution in [0.4, 0.5) is 8.78 Å². The van der Waals surface area contributed by atoms with E-state index in [4.69, 9.17) is 4.98 Å². The molecule has 0 aliphatic rings. The minimum absolute atomic E-state index is 0.0976.